The molecule has 0 unspecified atom stereocenters. The van der Waals surface area contributed by atoms with Gasteiger partial charge in [-0.25, -0.2) is 14.3 Å². The summed E-state index contributed by atoms with van der Waals surface area (Å²) in [5.74, 6) is -0.820. The summed E-state index contributed by atoms with van der Waals surface area (Å²) >= 11 is 1.18. The van der Waals surface area contributed by atoms with Crippen LogP contribution >= 0.6 is 11.3 Å². The zero-order chi connectivity index (χ0) is 17.1. The zero-order valence-electron chi connectivity index (χ0n) is 12.8. The Morgan fingerprint density at radius 2 is 2.17 bits per heavy atom. The fourth-order valence-electron chi connectivity index (χ4n) is 2.19. The topological polar surface area (TPSA) is 94.7 Å². The number of amides is 1. The number of rotatable bonds is 5. The lowest BCUT2D eigenvalue weighted by Gasteiger charge is -2.05. The standard InChI is InChI=1S/C15H14N4O4S/c1-23-14(21)13-10(6-9-24-13)16-12(20)5-8-19-15(22)18-7-3-2-4-11(18)17-19/h2-4,6-7,9H,5,8H2,1H3,(H,16,20). The predicted octanol–water partition coefficient (Wildman–Crippen LogP) is 1.37. The largest absolute Gasteiger partial charge is 0.465 e. The van der Waals surface area contributed by atoms with Crippen molar-refractivity contribution in [2.45, 2.75) is 13.0 Å². The van der Waals surface area contributed by atoms with Crippen molar-refractivity contribution in [1.82, 2.24) is 14.2 Å². The van der Waals surface area contributed by atoms with E-state index in [1.807, 2.05) is 0 Å². The molecule has 3 aromatic heterocycles. The van der Waals surface area contributed by atoms with Crippen LogP contribution in [-0.4, -0.2) is 33.2 Å². The van der Waals surface area contributed by atoms with E-state index >= 15 is 0 Å². The number of carbonyl (C=O) groups is 2. The minimum absolute atomic E-state index is 0.0558. The number of pyridine rings is 1. The Bertz CT molecular complexity index is 956. The highest BCUT2D eigenvalue weighted by atomic mass is 32.1. The normalized spacial score (nSPS) is 10.7. The number of nitrogens with zero attached hydrogens (tertiary/aromatic N) is 3. The summed E-state index contributed by atoms with van der Waals surface area (Å²) in [5, 5.41) is 8.49. The summed E-state index contributed by atoms with van der Waals surface area (Å²) in [7, 11) is 1.28. The highest BCUT2D eigenvalue weighted by molar-refractivity contribution is 7.12. The lowest BCUT2D eigenvalue weighted by molar-refractivity contribution is -0.116. The lowest BCUT2D eigenvalue weighted by Crippen LogP contribution is -2.24. The Kier molecular flexibility index (Phi) is 4.43. The monoisotopic (exact) mass is 346 g/mol. The van der Waals surface area contributed by atoms with Crippen molar-refractivity contribution in [3.05, 3.63) is 51.2 Å². The molecule has 0 fully saturated rings. The maximum Gasteiger partial charge on any atom is 0.350 e. The number of hydrogen-bond donors (Lipinski definition) is 1. The third-order valence-corrected chi connectivity index (χ3v) is 4.24. The van der Waals surface area contributed by atoms with Crippen molar-refractivity contribution in [2.75, 3.05) is 12.4 Å². The van der Waals surface area contributed by atoms with Crippen LogP contribution in [0.1, 0.15) is 16.1 Å². The van der Waals surface area contributed by atoms with Gasteiger partial charge in [0.05, 0.1) is 19.3 Å². The van der Waals surface area contributed by atoms with Crippen molar-refractivity contribution in [1.29, 1.82) is 0 Å². The van der Waals surface area contributed by atoms with Gasteiger partial charge >= 0.3 is 11.7 Å². The number of aromatic nitrogens is 3. The van der Waals surface area contributed by atoms with E-state index in [9.17, 15) is 14.4 Å². The quantitative estimate of drug-likeness (QED) is 0.704. The molecular weight excluding hydrogens is 332 g/mol. The highest BCUT2D eigenvalue weighted by Crippen LogP contribution is 2.23. The van der Waals surface area contributed by atoms with E-state index in [2.05, 4.69) is 15.2 Å². The first kappa shape index (κ1) is 15.9. The molecule has 0 aliphatic heterocycles. The summed E-state index contributed by atoms with van der Waals surface area (Å²) in [6.07, 6.45) is 1.68. The van der Waals surface area contributed by atoms with Crippen molar-refractivity contribution in [3.8, 4) is 0 Å². The first-order valence-corrected chi connectivity index (χ1v) is 7.98. The summed E-state index contributed by atoms with van der Waals surface area (Å²) in [4.78, 5) is 36.1. The minimum Gasteiger partial charge on any atom is -0.465 e. The molecular formula is C15H14N4O4S. The molecule has 0 aromatic carbocycles. The maximum atomic E-state index is 12.1. The number of anilines is 1. The van der Waals surface area contributed by atoms with Gasteiger partial charge in [0.2, 0.25) is 5.91 Å². The van der Waals surface area contributed by atoms with Crippen molar-refractivity contribution in [3.63, 3.8) is 0 Å². The van der Waals surface area contributed by atoms with Crippen LogP contribution in [0.2, 0.25) is 0 Å². The van der Waals surface area contributed by atoms with Gasteiger partial charge in [0.25, 0.3) is 0 Å². The number of esters is 1. The van der Waals surface area contributed by atoms with Crippen LogP contribution in [0.15, 0.2) is 40.6 Å². The van der Waals surface area contributed by atoms with Crippen LogP contribution in [0.3, 0.4) is 0 Å². The van der Waals surface area contributed by atoms with Crippen LogP contribution < -0.4 is 11.0 Å². The summed E-state index contributed by atoms with van der Waals surface area (Å²) in [6, 6.07) is 6.86. The van der Waals surface area contributed by atoms with E-state index in [0.29, 0.717) is 16.2 Å². The van der Waals surface area contributed by atoms with Gasteiger partial charge in [-0.05, 0) is 23.6 Å². The van der Waals surface area contributed by atoms with Gasteiger partial charge in [-0.2, -0.15) is 0 Å². The van der Waals surface area contributed by atoms with Crippen LogP contribution in [0, 0.1) is 0 Å². The molecule has 0 atom stereocenters. The van der Waals surface area contributed by atoms with Gasteiger partial charge < -0.3 is 10.1 Å². The first-order chi connectivity index (χ1) is 11.6. The second kappa shape index (κ2) is 6.67. The number of hydrogen-bond acceptors (Lipinski definition) is 6. The second-order valence-corrected chi connectivity index (χ2v) is 5.80. The predicted molar refractivity (Wildman–Crippen MR) is 88.4 cm³/mol. The third kappa shape index (κ3) is 3.06. The van der Waals surface area contributed by atoms with Crippen LogP contribution in [-0.2, 0) is 16.1 Å². The van der Waals surface area contributed by atoms with E-state index < -0.39 is 5.97 Å². The molecule has 0 aliphatic rings. The zero-order valence-corrected chi connectivity index (χ0v) is 13.6. The Morgan fingerprint density at radius 3 is 2.92 bits per heavy atom. The van der Waals surface area contributed by atoms with E-state index in [1.165, 1.54) is 27.5 Å². The van der Waals surface area contributed by atoms with Gasteiger partial charge in [-0.1, -0.05) is 6.07 Å². The molecule has 0 saturated heterocycles. The van der Waals surface area contributed by atoms with Crippen molar-refractivity contribution in [2.24, 2.45) is 0 Å². The first-order valence-electron chi connectivity index (χ1n) is 7.10. The van der Waals surface area contributed by atoms with Gasteiger partial charge in [-0.3, -0.25) is 9.20 Å². The molecule has 3 aromatic rings. The molecule has 1 amide bonds. The number of nitrogens with one attached hydrogen (secondary N) is 1. The highest BCUT2D eigenvalue weighted by Gasteiger charge is 2.16. The molecule has 0 saturated carbocycles. The van der Waals surface area contributed by atoms with Gasteiger partial charge in [-0.15, -0.1) is 16.4 Å². The number of carbonyl (C=O) groups excluding carboxylic acids is 2. The molecule has 1 N–H and O–H groups in total. The molecule has 0 radical (unpaired) electrons. The lowest BCUT2D eigenvalue weighted by atomic mass is 10.3. The Hall–Kier alpha value is -2.94. The van der Waals surface area contributed by atoms with Gasteiger partial charge in [0.1, 0.15) is 4.88 Å². The van der Waals surface area contributed by atoms with Gasteiger partial charge in [0.15, 0.2) is 5.65 Å². The Balaban J connectivity index is 1.67. The van der Waals surface area contributed by atoms with Crippen molar-refractivity contribution < 1.29 is 14.3 Å². The molecule has 0 bridgehead atoms. The van der Waals surface area contributed by atoms with Crippen LogP contribution in [0.5, 0.6) is 0 Å². The third-order valence-electron chi connectivity index (χ3n) is 3.35. The fourth-order valence-corrected chi connectivity index (χ4v) is 2.96. The molecule has 8 nitrogen and oxygen atoms in total. The average molecular weight is 346 g/mol. The molecule has 0 spiro atoms. The molecule has 124 valence electrons. The molecule has 0 aliphatic carbocycles. The van der Waals surface area contributed by atoms with Crippen LogP contribution in [0.25, 0.3) is 5.65 Å². The Morgan fingerprint density at radius 1 is 1.33 bits per heavy atom. The fraction of sp³-hybridized carbons (Fsp3) is 0.200. The van der Waals surface area contributed by atoms with Crippen LogP contribution in [0.4, 0.5) is 5.69 Å². The average Bonchev–Trinajstić information content (AvgIpc) is 3.17. The number of methoxy groups -OCH3 is 1. The smallest absolute Gasteiger partial charge is 0.350 e. The Labute approximate surface area is 140 Å². The van der Waals surface area contributed by atoms with Gasteiger partial charge in [0, 0.05) is 12.6 Å². The molecule has 9 heteroatoms. The molecule has 3 rings (SSSR count). The molecule has 3 heterocycles. The minimum atomic E-state index is -0.503. The number of fused-ring (bicyclic) bond motifs is 1. The number of ether oxygens (including phenoxy) is 1. The van der Waals surface area contributed by atoms with E-state index in [4.69, 9.17) is 0 Å². The number of thiophene rings is 1. The number of aryl methyl sites for hydroxylation is 1. The van der Waals surface area contributed by atoms with E-state index in [1.54, 1.807) is 35.8 Å². The summed E-state index contributed by atoms with van der Waals surface area (Å²) in [5.41, 5.74) is 0.622. The maximum absolute atomic E-state index is 12.1. The second-order valence-electron chi connectivity index (χ2n) is 4.89. The summed E-state index contributed by atoms with van der Waals surface area (Å²) in [6.45, 7) is 0.143. The van der Waals surface area contributed by atoms with E-state index in [-0.39, 0.29) is 24.6 Å². The van der Waals surface area contributed by atoms with Crippen molar-refractivity contribution >= 4 is 34.5 Å². The summed E-state index contributed by atoms with van der Waals surface area (Å²) < 4.78 is 7.31. The SMILES string of the molecule is COC(=O)c1sccc1NC(=O)CCn1nc2ccccn2c1=O. The van der Waals surface area contributed by atoms with E-state index in [0.717, 1.165) is 0 Å². The molecule has 24 heavy (non-hydrogen) atoms.